The summed E-state index contributed by atoms with van der Waals surface area (Å²) in [4.78, 5) is 29.2. The lowest BCUT2D eigenvalue weighted by Crippen LogP contribution is -2.52. The Morgan fingerprint density at radius 1 is 1.55 bits per heavy atom. The zero-order valence-corrected chi connectivity index (χ0v) is 13.7. The highest BCUT2D eigenvalue weighted by molar-refractivity contribution is 5.95. The van der Waals surface area contributed by atoms with Crippen molar-refractivity contribution < 1.29 is 9.53 Å². The van der Waals surface area contributed by atoms with Crippen LogP contribution in [0.15, 0.2) is 10.9 Å². The lowest BCUT2D eigenvalue weighted by molar-refractivity contribution is -0.0178. The van der Waals surface area contributed by atoms with Crippen molar-refractivity contribution in [2.24, 2.45) is 0 Å². The molecule has 0 aromatic carbocycles. The van der Waals surface area contributed by atoms with Crippen LogP contribution in [-0.4, -0.2) is 54.2 Å². The fourth-order valence-electron chi connectivity index (χ4n) is 2.98. The molecule has 0 radical (unpaired) electrons. The summed E-state index contributed by atoms with van der Waals surface area (Å²) in [5.74, 6) is -0.313. The van der Waals surface area contributed by atoms with Gasteiger partial charge in [0, 0.05) is 30.9 Å². The number of aromatic amines is 1. The van der Waals surface area contributed by atoms with Gasteiger partial charge in [0.2, 0.25) is 0 Å². The minimum atomic E-state index is -0.331. The number of hydrogen-bond donors (Lipinski definition) is 2. The second-order valence-corrected chi connectivity index (χ2v) is 6.06. The number of aromatic nitrogens is 1. The zero-order valence-electron chi connectivity index (χ0n) is 13.7. The second-order valence-electron chi connectivity index (χ2n) is 6.06. The molecule has 0 bridgehead atoms. The van der Waals surface area contributed by atoms with Gasteiger partial charge < -0.3 is 15.0 Å². The van der Waals surface area contributed by atoms with E-state index in [1.165, 1.54) is 0 Å². The summed E-state index contributed by atoms with van der Waals surface area (Å²) in [6.45, 7) is 10.6. The minimum Gasteiger partial charge on any atom is -0.379 e. The predicted octanol–water partition coefficient (Wildman–Crippen LogP) is 0.831. The molecule has 6 nitrogen and oxygen atoms in total. The fourth-order valence-corrected chi connectivity index (χ4v) is 2.98. The Labute approximate surface area is 130 Å². The van der Waals surface area contributed by atoms with Gasteiger partial charge in [-0.15, -0.1) is 0 Å². The average molecular weight is 307 g/mol. The van der Waals surface area contributed by atoms with Gasteiger partial charge in [-0.25, -0.2) is 0 Å². The first-order valence-electron chi connectivity index (χ1n) is 7.72. The zero-order chi connectivity index (χ0) is 16.3. The molecule has 1 aromatic heterocycles. The topological polar surface area (TPSA) is 74.4 Å². The molecule has 0 unspecified atom stereocenters. The van der Waals surface area contributed by atoms with E-state index in [0.717, 1.165) is 25.5 Å². The molecule has 2 heterocycles. The monoisotopic (exact) mass is 307 g/mol. The largest absolute Gasteiger partial charge is 0.379 e. The van der Waals surface area contributed by atoms with Crippen LogP contribution < -0.4 is 10.9 Å². The van der Waals surface area contributed by atoms with Crippen molar-refractivity contribution in [1.29, 1.82) is 0 Å². The Morgan fingerprint density at radius 3 is 2.91 bits per heavy atom. The summed E-state index contributed by atoms with van der Waals surface area (Å²) in [5.41, 5.74) is 1.33. The first-order valence-corrected chi connectivity index (χ1v) is 7.72. The number of aryl methyl sites for hydroxylation is 2. The minimum absolute atomic E-state index is 0.202. The third-order valence-electron chi connectivity index (χ3n) is 4.14. The standard InChI is InChI=1S/C16H25N3O3/c1-10-7-11(2)18-16(21)14(10)15(20)17-8-12(3)19-5-6-22-9-13(19)4/h7,12-13H,5-6,8-9H2,1-4H3,(H,17,20)(H,18,21)/t12-,13-/m1/s1. The van der Waals surface area contributed by atoms with E-state index < -0.39 is 0 Å². The number of morpholine rings is 1. The Bertz CT molecular complexity index is 597. The van der Waals surface area contributed by atoms with Gasteiger partial charge in [0.25, 0.3) is 11.5 Å². The highest BCUT2D eigenvalue weighted by atomic mass is 16.5. The Morgan fingerprint density at radius 2 is 2.27 bits per heavy atom. The Balaban J connectivity index is 1.99. The van der Waals surface area contributed by atoms with Crippen LogP contribution in [0, 0.1) is 13.8 Å². The number of carbonyl (C=O) groups is 1. The lowest BCUT2D eigenvalue weighted by Gasteiger charge is -2.37. The molecule has 1 saturated heterocycles. The number of carbonyl (C=O) groups excluding carboxylic acids is 1. The number of amides is 1. The van der Waals surface area contributed by atoms with Gasteiger partial charge in [-0.05, 0) is 39.3 Å². The lowest BCUT2D eigenvalue weighted by atomic mass is 10.1. The van der Waals surface area contributed by atoms with Crippen molar-refractivity contribution in [3.05, 3.63) is 33.2 Å². The smallest absolute Gasteiger partial charge is 0.261 e. The van der Waals surface area contributed by atoms with Crippen LogP contribution in [0.3, 0.4) is 0 Å². The molecule has 1 aromatic rings. The van der Waals surface area contributed by atoms with Crippen LogP contribution in [0.2, 0.25) is 0 Å². The van der Waals surface area contributed by atoms with E-state index in [-0.39, 0.29) is 23.1 Å². The van der Waals surface area contributed by atoms with Crippen molar-refractivity contribution in [2.75, 3.05) is 26.3 Å². The molecule has 2 N–H and O–H groups in total. The van der Waals surface area contributed by atoms with Crippen molar-refractivity contribution in [1.82, 2.24) is 15.2 Å². The number of nitrogens with zero attached hydrogens (tertiary/aromatic N) is 1. The SMILES string of the molecule is Cc1cc(C)c(C(=O)NC[C@@H](C)N2CCOC[C@H]2C)c(=O)[nH]1. The fraction of sp³-hybridized carbons (Fsp3) is 0.625. The van der Waals surface area contributed by atoms with Gasteiger partial charge in [0.05, 0.1) is 13.2 Å². The summed E-state index contributed by atoms with van der Waals surface area (Å²) >= 11 is 0. The van der Waals surface area contributed by atoms with Gasteiger partial charge in [-0.3, -0.25) is 14.5 Å². The molecule has 1 aliphatic heterocycles. The number of hydrogen-bond acceptors (Lipinski definition) is 4. The third-order valence-corrected chi connectivity index (χ3v) is 4.14. The van der Waals surface area contributed by atoms with Gasteiger partial charge in [-0.1, -0.05) is 0 Å². The Kier molecular flexibility index (Phi) is 5.37. The number of ether oxygens (including phenoxy) is 1. The van der Waals surface area contributed by atoms with Crippen molar-refractivity contribution in [3.63, 3.8) is 0 Å². The summed E-state index contributed by atoms with van der Waals surface area (Å²) < 4.78 is 5.43. The van der Waals surface area contributed by atoms with Crippen molar-refractivity contribution >= 4 is 5.91 Å². The van der Waals surface area contributed by atoms with Crippen LogP contribution >= 0.6 is 0 Å². The molecule has 2 atom stereocenters. The molecule has 1 aliphatic rings. The molecule has 1 fully saturated rings. The van der Waals surface area contributed by atoms with Crippen LogP contribution in [0.4, 0.5) is 0 Å². The predicted molar refractivity (Wildman–Crippen MR) is 85.3 cm³/mol. The number of rotatable bonds is 4. The first kappa shape index (κ1) is 16.7. The van der Waals surface area contributed by atoms with Gasteiger partial charge >= 0.3 is 0 Å². The van der Waals surface area contributed by atoms with Gasteiger partial charge in [0.1, 0.15) is 5.56 Å². The molecule has 122 valence electrons. The van der Waals surface area contributed by atoms with E-state index in [1.54, 1.807) is 13.8 Å². The molecular formula is C16H25N3O3. The van der Waals surface area contributed by atoms with E-state index in [9.17, 15) is 9.59 Å². The van der Waals surface area contributed by atoms with Gasteiger partial charge in [-0.2, -0.15) is 0 Å². The Hall–Kier alpha value is -1.66. The van der Waals surface area contributed by atoms with E-state index in [0.29, 0.717) is 18.2 Å². The molecular weight excluding hydrogens is 282 g/mol. The molecule has 22 heavy (non-hydrogen) atoms. The van der Waals surface area contributed by atoms with E-state index >= 15 is 0 Å². The van der Waals surface area contributed by atoms with Crippen LogP contribution in [-0.2, 0) is 4.74 Å². The van der Waals surface area contributed by atoms with Crippen LogP contribution in [0.5, 0.6) is 0 Å². The maximum Gasteiger partial charge on any atom is 0.261 e. The maximum absolute atomic E-state index is 12.3. The maximum atomic E-state index is 12.3. The quantitative estimate of drug-likeness (QED) is 0.864. The van der Waals surface area contributed by atoms with Crippen molar-refractivity contribution in [2.45, 2.75) is 39.8 Å². The van der Waals surface area contributed by atoms with Crippen LogP contribution in [0.1, 0.15) is 35.5 Å². The van der Waals surface area contributed by atoms with E-state index in [4.69, 9.17) is 4.74 Å². The van der Waals surface area contributed by atoms with Crippen molar-refractivity contribution in [3.8, 4) is 0 Å². The average Bonchev–Trinajstić information content (AvgIpc) is 2.44. The molecule has 0 saturated carbocycles. The second kappa shape index (κ2) is 7.07. The highest BCUT2D eigenvalue weighted by Crippen LogP contribution is 2.10. The molecule has 2 rings (SSSR count). The number of nitrogens with one attached hydrogen (secondary N) is 2. The van der Waals surface area contributed by atoms with E-state index in [2.05, 4.69) is 29.0 Å². The van der Waals surface area contributed by atoms with Gasteiger partial charge in [0.15, 0.2) is 0 Å². The van der Waals surface area contributed by atoms with Crippen LogP contribution in [0.25, 0.3) is 0 Å². The molecule has 1 amide bonds. The number of H-pyrrole nitrogens is 1. The number of pyridine rings is 1. The molecule has 6 heteroatoms. The first-order chi connectivity index (χ1) is 10.4. The molecule has 0 aliphatic carbocycles. The summed E-state index contributed by atoms with van der Waals surface area (Å²) in [7, 11) is 0. The highest BCUT2D eigenvalue weighted by Gasteiger charge is 2.24. The summed E-state index contributed by atoms with van der Waals surface area (Å²) in [5, 5.41) is 2.88. The normalized spacial score (nSPS) is 20.6. The van der Waals surface area contributed by atoms with E-state index in [1.807, 2.05) is 6.07 Å². The molecule has 0 spiro atoms. The summed E-state index contributed by atoms with van der Waals surface area (Å²) in [6.07, 6.45) is 0. The summed E-state index contributed by atoms with van der Waals surface area (Å²) in [6, 6.07) is 2.35. The third kappa shape index (κ3) is 3.75.